The lowest BCUT2D eigenvalue weighted by Gasteiger charge is -2.19. The minimum Gasteiger partial charge on any atom is -0.465 e. The predicted octanol–water partition coefficient (Wildman–Crippen LogP) is 7.28. The average molecular weight is 517 g/mol. The molecule has 3 aromatic carbocycles. The third kappa shape index (κ3) is 5.27. The summed E-state index contributed by atoms with van der Waals surface area (Å²) in [6, 6.07) is 8.59. The van der Waals surface area contributed by atoms with E-state index in [0.717, 1.165) is 68.8 Å². The highest BCUT2D eigenvalue weighted by Crippen LogP contribution is 2.43. The van der Waals surface area contributed by atoms with E-state index >= 15 is 0 Å². The third-order valence-corrected chi connectivity index (χ3v) is 5.48. The largest absolute Gasteiger partial charge is 0.465 e. The Morgan fingerprint density at radius 1 is 0.714 bits per heavy atom. The Labute approximate surface area is 200 Å². The zero-order valence-corrected chi connectivity index (χ0v) is 18.7. The molecule has 184 valence electrons. The molecule has 0 aliphatic heterocycles. The van der Waals surface area contributed by atoms with Crippen LogP contribution in [0, 0.1) is 0 Å². The van der Waals surface area contributed by atoms with Crippen molar-refractivity contribution in [2.24, 2.45) is 0 Å². The predicted molar refractivity (Wildman–Crippen MR) is 115 cm³/mol. The molecule has 0 saturated carbocycles. The summed E-state index contributed by atoms with van der Waals surface area (Å²) in [5, 5.41) is -0.197. The highest BCUT2D eigenvalue weighted by molar-refractivity contribution is 6.37. The summed E-state index contributed by atoms with van der Waals surface area (Å²) in [6.07, 6.45) is -9.23. The van der Waals surface area contributed by atoms with Gasteiger partial charge in [-0.3, -0.25) is 0 Å². The van der Waals surface area contributed by atoms with Crippen molar-refractivity contribution in [1.29, 1.82) is 0 Å². The van der Waals surface area contributed by atoms with Crippen molar-refractivity contribution < 1.29 is 45.4 Å². The van der Waals surface area contributed by atoms with Gasteiger partial charge in [-0.25, -0.2) is 9.59 Å². The van der Waals surface area contributed by atoms with E-state index in [4.69, 9.17) is 21.1 Å². The maximum atomic E-state index is 13.0. The number of methoxy groups -OCH3 is 2. The van der Waals surface area contributed by atoms with Crippen molar-refractivity contribution in [3.8, 4) is 22.3 Å². The third-order valence-electron chi connectivity index (χ3n) is 5.08. The fraction of sp³-hybridized carbons (Fsp3) is 0.167. The van der Waals surface area contributed by atoms with Gasteiger partial charge in [0.25, 0.3) is 0 Å². The number of hydrogen-bond donors (Lipinski definition) is 0. The molecule has 0 aliphatic carbocycles. The van der Waals surface area contributed by atoms with Crippen LogP contribution in [0.25, 0.3) is 22.3 Å². The van der Waals surface area contributed by atoms with Gasteiger partial charge in [0.05, 0.1) is 41.5 Å². The maximum Gasteiger partial charge on any atom is 0.416 e. The van der Waals surface area contributed by atoms with Gasteiger partial charge in [-0.2, -0.15) is 26.3 Å². The Morgan fingerprint density at radius 2 is 1.14 bits per heavy atom. The molecule has 0 heterocycles. The number of carbonyl (C=O) groups excluding carboxylic acids is 2. The fourth-order valence-corrected chi connectivity index (χ4v) is 3.76. The van der Waals surface area contributed by atoms with E-state index in [1.807, 2.05) is 0 Å². The van der Waals surface area contributed by atoms with Gasteiger partial charge in [-0.15, -0.1) is 0 Å². The summed E-state index contributed by atoms with van der Waals surface area (Å²) in [6.45, 7) is 0. The first-order chi connectivity index (χ1) is 16.3. The number of alkyl halides is 6. The summed E-state index contributed by atoms with van der Waals surface area (Å²) in [5.41, 5.74) is -2.54. The van der Waals surface area contributed by atoms with Crippen LogP contribution in [0.4, 0.5) is 26.3 Å². The van der Waals surface area contributed by atoms with Gasteiger partial charge >= 0.3 is 24.3 Å². The number of ether oxygens (including phenoxy) is 2. The summed E-state index contributed by atoms with van der Waals surface area (Å²) in [7, 11) is 2.06. The van der Waals surface area contributed by atoms with Gasteiger partial charge in [0.2, 0.25) is 0 Å². The molecule has 35 heavy (non-hydrogen) atoms. The first kappa shape index (κ1) is 26.1. The van der Waals surface area contributed by atoms with E-state index in [0.29, 0.717) is 0 Å². The van der Waals surface area contributed by atoms with E-state index in [-0.39, 0.29) is 38.4 Å². The van der Waals surface area contributed by atoms with Crippen LogP contribution in [-0.2, 0) is 21.8 Å². The first-order valence-corrected chi connectivity index (χ1v) is 10.1. The second kappa shape index (κ2) is 9.61. The van der Waals surface area contributed by atoms with Gasteiger partial charge in [0, 0.05) is 11.1 Å². The second-order valence-corrected chi connectivity index (χ2v) is 7.55. The van der Waals surface area contributed by atoms with E-state index in [1.165, 1.54) is 0 Å². The van der Waals surface area contributed by atoms with Gasteiger partial charge in [0.15, 0.2) is 0 Å². The van der Waals surface area contributed by atoms with Crippen LogP contribution >= 0.6 is 11.6 Å². The fourth-order valence-electron chi connectivity index (χ4n) is 3.39. The van der Waals surface area contributed by atoms with Gasteiger partial charge < -0.3 is 9.47 Å². The SMILES string of the molecule is COC(=O)c1cc(-c2ccc(C(F)(F)F)cc2)c(Cl)c(-c2ccc(C(F)(F)F)cc2)c1C(=O)OC. The molecule has 0 radical (unpaired) electrons. The number of halogens is 7. The number of hydrogen-bond acceptors (Lipinski definition) is 4. The molecular formula is C24H15ClF6O4. The number of carbonyl (C=O) groups is 2. The summed E-state index contributed by atoms with van der Waals surface area (Å²) < 4.78 is 87.6. The molecule has 4 nitrogen and oxygen atoms in total. The Hall–Kier alpha value is -3.53. The molecular weight excluding hydrogens is 502 g/mol. The molecule has 0 fully saturated rings. The molecule has 0 bridgehead atoms. The monoisotopic (exact) mass is 516 g/mol. The van der Waals surface area contributed by atoms with Crippen molar-refractivity contribution in [2.45, 2.75) is 12.4 Å². The zero-order chi connectivity index (χ0) is 26.1. The smallest absolute Gasteiger partial charge is 0.416 e. The number of esters is 2. The molecule has 3 aromatic rings. The molecule has 0 aliphatic rings. The average Bonchev–Trinajstić information content (AvgIpc) is 2.81. The highest BCUT2D eigenvalue weighted by atomic mass is 35.5. The summed E-state index contributed by atoms with van der Waals surface area (Å²) in [4.78, 5) is 25.2. The molecule has 0 amide bonds. The van der Waals surface area contributed by atoms with Gasteiger partial charge in [0.1, 0.15) is 0 Å². The normalized spacial score (nSPS) is 11.8. The Kier molecular flexibility index (Phi) is 7.16. The van der Waals surface area contributed by atoms with Crippen LogP contribution in [-0.4, -0.2) is 26.2 Å². The standard InChI is InChI=1S/C24H15ClF6O4/c1-34-21(32)17-11-16(12-3-7-14(8-4-12)23(26,27)28)20(25)18(19(17)22(33)35-2)13-5-9-15(10-6-13)24(29,30)31/h3-11H,1-2H3. The van der Waals surface area contributed by atoms with Gasteiger partial charge in [-0.05, 0) is 41.5 Å². The summed E-state index contributed by atoms with van der Waals surface area (Å²) in [5.74, 6) is -2.02. The van der Waals surface area contributed by atoms with E-state index in [1.54, 1.807) is 0 Å². The number of rotatable bonds is 4. The van der Waals surface area contributed by atoms with Crippen LogP contribution < -0.4 is 0 Å². The minimum atomic E-state index is -4.63. The van der Waals surface area contributed by atoms with Crippen LogP contribution in [0.1, 0.15) is 31.8 Å². The van der Waals surface area contributed by atoms with Crippen molar-refractivity contribution in [1.82, 2.24) is 0 Å². The molecule has 0 atom stereocenters. The van der Waals surface area contributed by atoms with E-state index in [2.05, 4.69) is 0 Å². The van der Waals surface area contributed by atoms with Crippen molar-refractivity contribution in [3.63, 3.8) is 0 Å². The molecule has 3 rings (SSSR count). The Balaban J connectivity index is 2.35. The van der Waals surface area contributed by atoms with Crippen LogP contribution in [0.15, 0.2) is 54.6 Å². The lowest BCUT2D eigenvalue weighted by Crippen LogP contribution is -2.14. The van der Waals surface area contributed by atoms with Crippen molar-refractivity contribution in [2.75, 3.05) is 14.2 Å². The Morgan fingerprint density at radius 3 is 1.54 bits per heavy atom. The quantitative estimate of drug-likeness (QED) is 0.270. The molecule has 11 heteroatoms. The summed E-state index contributed by atoms with van der Waals surface area (Å²) >= 11 is 6.56. The molecule has 0 saturated heterocycles. The van der Waals surface area contributed by atoms with Crippen molar-refractivity contribution in [3.05, 3.63) is 81.9 Å². The lowest BCUT2D eigenvalue weighted by atomic mass is 9.89. The van der Waals surface area contributed by atoms with Crippen LogP contribution in [0.3, 0.4) is 0 Å². The highest BCUT2D eigenvalue weighted by Gasteiger charge is 2.33. The number of benzene rings is 3. The van der Waals surface area contributed by atoms with Gasteiger partial charge in [-0.1, -0.05) is 35.9 Å². The second-order valence-electron chi connectivity index (χ2n) is 7.17. The molecule has 0 aromatic heterocycles. The maximum absolute atomic E-state index is 13.0. The van der Waals surface area contributed by atoms with Crippen molar-refractivity contribution >= 4 is 23.5 Å². The van der Waals surface area contributed by atoms with Crippen LogP contribution in [0.5, 0.6) is 0 Å². The van der Waals surface area contributed by atoms with Crippen LogP contribution in [0.2, 0.25) is 5.02 Å². The molecule has 0 spiro atoms. The lowest BCUT2D eigenvalue weighted by molar-refractivity contribution is -0.138. The molecule has 0 unspecified atom stereocenters. The minimum absolute atomic E-state index is 0.0299. The topological polar surface area (TPSA) is 52.6 Å². The Bertz CT molecular complexity index is 1260. The zero-order valence-electron chi connectivity index (χ0n) is 18.0. The molecule has 0 N–H and O–H groups in total. The van der Waals surface area contributed by atoms with E-state index < -0.39 is 35.4 Å². The van der Waals surface area contributed by atoms with E-state index in [9.17, 15) is 35.9 Å². The first-order valence-electron chi connectivity index (χ1n) is 9.68.